The van der Waals surface area contributed by atoms with Crippen molar-refractivity contribution in [2.24, 2.45) is 5.73 Å². The van der Waals surface area contributed by atoms with E-state index in [2.05, 4.69) is 38.8 Å². The number of benzene rings is 1. The molecule has 0 spiro atoms. The first-order valence-electron chi connectivity index (χ1n) is 6.00. The number of nitrogens with zero attached hydrogens (tertiary/aromatic N) is 1. The Morgan fingerprint density at radius 1 is 1.29 bits per heavy atom. The summed E-state index contributed by atoms with van der Waals surface area (Å²) in [7, 11) is 3.80. The first-order valence-corrected chi connectivity index (χ1v) is 6.00. The first kappa shape index (κ1) is 13.8. The Morgan fingerprint density at radius 3 is 2.35 bits per heavy atom. The van der Waals surface area contributed by atoms with Crippen LogP contribution in [0.4, 0.5) is 5.69 Å². The summed E-state index contributed by atoms with van der Waals surface area (Å²) >= 11 is 0. The average molecular weight is 236 g/mol. The van der Waals surface area contributed by atoms with E-state index in [1.54, 1.807) is 7.11 Å². The number of rotatable bonds is 4. The molecule has 0 fully saturated rings. The fraction of sp³-hybridized carbons (Fsp3) is 0.571. The maximum Gasteiger partial charge on any atom is 0.122 e. The highest BCUT2D eigenvalue weighted by Gasteiger charge is 2.14. The number of hydrogen-bond donors (Lipinski definition) is 1. The second-order valence-corrected chi connectivity index (χ2v) is 4.85. The molecule has 3 heteroatoms. The number of ether oxygens (including phenoxy) is 1. The van der Waals surface area contributed by atoms with E-state index in [1.165, 1.54) is 22.4 Å². The Labute approximate surface area is 105 Å². The highest BCUT2D eigenvalue weighted by atomic mass is 16.5. The maximum atomic E-state index is 5.86. The van der Waals surface area contributed by atoms with Crippen LogP contribution in [0.2, 0.25) is 0 Å². The lowest BCUT2D eigenvalue weighted by molar-refractivity contribution is 0.411. The lowest BCUT2D eigenvalue weighted by Crippen LogP contribution is -2.33. The lowest BCUT2D eigenvalue weighted by Gasteiger charge is -2.27. The molecule has 0 radical (unpaired) electrons. The number of likely N-dealkylation sites (N-methyl/N-ethyl adjacent to an activating group) is 1. The van der Waals surface area contributed by atoms with Crippen molar-refractivity contribution in [1.29, 1.82) is 0 Å². The molecule has 0 aromatic heterocycles. The predicted octanol–water partition coefficient (Wildman–Crippen LogP) is 2.40. The zero-order chi connectivity index (χ0) is 13.2. The molecular formula is C14H24N2O. The third kappa shape index (κ3) is 2.91. The van der Waals surface area contributed by atoms with Gasteiger partial charge in [-0.3, -0.25) is 0 Å². The van der Waals surface area contributed by atoms with Crippen LogP contribution in [0.1, 0.15) is 23.6 Å². The molecule has 1 atom stereocenters. The molecular weight excluding hydrogens is 212 g/mol. The van der Waals surface area contributed by atoms with E-state index >= 15 is 0 Å². The van der Waals surface area contributed by atoms with Crippen LogP contribution in [0.5, 0.6) is 5.75 Å². The van der Waals surface area contributed by atoms with E-state index < -0.39 is 0 Å². The molecule has 1 unspecified atom stereocenters. The topological polar surface area (TPSA) is 38.5 Å². The summed E-state index contributed by atoms with van der Waals surface area (Å²) in [5, 5.41) is 0. The summed E-state index contributed by atoms with van der Waals surface area (Å²) in [6.07, 6.45) is 0. The van der Waals surface area contributed by atoms with E-state index in [0.717, 1.165) is 12.3 Å². The Morgan fingerprint density at radius 2 is 1.88 bits per heavy atom. The number of anilines is 1. The summed E-state index contributed by atoms with van der Waals surface area (Å²) in [4.78, 5) is 2.22. The van der Waals surface area contributed by atoms with Gasteiger partial charge in [0, 0.05) is 25.3 Å². The van der Waals surface area contributed by atoms with Gasteiger partial charge in [-0.2, -0.15) is 0 Å². The highest BCUT2D eigenvalue weighted by Crippen LogP contribution is 2.33. The molecule has 1 aromatic carbocycles. The van der Waals surface area contributed by atoms with Crippen molar-refractivity contribution in [2.45, 2.75) is 33.7 Å². The van der Waals surface area contributed by atoms with Crippen LogP contribution < -0.4 is 15.4 Å². The molecule has 0 bridgehead atoms. The van der Waals surface area contributed by atoms with Crippen LogP contribution in [-0.2, 0) is 0 Å². The van der Waals surface area contributed by atoms with Gasteiger partial charge in [-0.25, -0.2) is 0 Å². The van der Waals surface area contributed by atoms with Crippen molar-refractivity contribution in [3.8, 4) is 5.75 Å². The molecule has 0 saturated heterocycles. The van der Waals surface area contributed by atoms with Gasteiger partial charge < -0.3 is 15.4 Å². The summed E-state index contributed by atoms with van der Waals surface area (Å²) in [5.74, 6) is 0.956. The Kier molecular flexibility index (Phi) is 4.40. The molecule has 96 valence electrons. The summed E-state index contributed by atoms with van der Waals surface area (Å²) in [6, 6.07) is 2.26. The Hall–Kier alpha value is -1.22. The fourth-order valence-electron chi connectivity index (χ4n) is 2.35. The summed E-state index contributed by atoms with van der Waals surface area (Å²) in [6.45, 7) is 9.22. The SMILES string of the molecule is COc1cc(C)c(N(C)CC(C)N)c(C)c1C. The van der Waals surface area contributed by atoms with Gasteiger partial charge in [0.25, 0.3) is 0 Å². The predicted molar refractivity (Wildman–Crippen MR) is 74.1 cm³/mol. The van der Waals surface area contributed by atoms with Gasteiger partial charge in [-0.05, 0) is 50.5 Å². The van der Waals surface area contributed by atoms with E-state index in [-0.39, 0.29) is 6.04 Å². The molecule has 3 nitrogen and oxygen atoms in total. The monoisotopic (exact) mass is 236 g/mol. The molecule has 2 N–H and O–H groups in total. The molecule has 0 saturated carbocycles. The maximum absolute atomic E-state index is 5.86. The molecule has 0 heterocycles. The number of hydrogen-bond acceptors (Lipinski definition) is 3. The zero-order valence-corrected chi connectivity index (χ0v) is 11.8. The molecule has 0 amide bonds. The molecule has 0 aliphatic carbocycles. The quantitative estimate of drug-likeness (QED) is 0.872. The normalized spacial score (nSPS) is 12.4. The standard InChI is InChI=1S/C14H24N2O/c1-9-7-13(17-6)11(3)12(4)14(9)16(5)8-10(2)15/h7,10H,8,15H2,1-6H3. The van der Waals surface area contributed by atoms with E-state index in [0.29, 0.717) is 0 Å². The van der Waals surface area contributed by atoms with Gasteiger partial charge in [0.05, 0.1) is 7.11 Å². The van der Waals surface area contributed by atoms with Gasteiger partial charge in [0.2, 0.25) is 0 Å². The molecule has 17 heavy (non-hydrogen) atoms. The van der Waals surface area contributed by atoms with Crippen LogP contribution in [-0.4, -0.2) is 26.7 Å². The van der Waals surface area contributed by atoms with Crippen LogP contribution >= 0.6 is 0 Å². The van der Waals surface area contributed by atoms with E-state index in [9.17, 15) is 0 Å². The molecule has 1 rings (SSSR count). The minimum atomic E-state index is 0.168. The second-order valence-electron chi connectivity index (χ2n) is 4.85. The van der Waals surface area contributed by atoms with Crippen molar-refractivity contribution in [3.05, 3.63) is 22.8 Å². The fourth-order valence-corrected chi connectivity index (χ4v) is 2.35. The minimum Gasteiger partial charge on any atom is -0.496 e. The molecule has 0 aliphatic rings. The third-order valence-electron chi connectivity index (χ3n) is 3.17. The van der Waals surface area contributed by atoms with Gasteiger partial charge >= 0.3 is 0 Å². The number of aryl methyl sites for hydroxylation is 1. The molecule has 0 aliphatic heterocycles. The van der Waals surface area contributed by atoms with Crippen molar-refractivity contribution < 1.29 is 4.74 Å². The zero-order valence-electron chi connectivity index (χ0n) is 11.8. The van der Waals surface area contributed by atoms with Gasteiger partial charge in [-0.15, -0.1) is 0 Å². The van der Waals surface area contributed by atoms with Gasteiger partial charge in [-0.1, -0.05) is 0 Å². The minimum absolute atomic E-state index is 0.168. The van der Waals surface area contributed by atoms with Crippen LogP contribution in [0.3, 0.4) is 0 Å². The Bertz CT molecular complexity index is 400. The smallest absolute Gasteiger partial charge is 0.122 e. The lowest BCUT2D eigenvalue weighted by atomic mass is 10.0. The number of methoxy groups -OCH3 is 1. The summed E-state index contributed by atoms with van der Waals surface area (Å²) in [5.41, 5.74) is 10.8. The van der Waals surface area contributed by atoms with Crippen LogP contribution in [0.25, 0.3) is 0 Å². The highest BCUT2D eigenvalue weighted by molar-refractivity contribution is 5.64. The second kappa shape index (κ2) is 5.41. The van der Waals surface area contributed by atoms with Crippen molar-refractivity contribution in [2.75, 3.05) is 25.6 Å². The Balaban J connectivity index is 3.20. The van der Waals surface area contributed by atoms with Crippen LogP contribution in [0, 0.1) is 20.8 Å². The summed E-state index contributed by atoms with van der Waals surface area (Å²) < 4.78 is 5.38. The van der Waals surface area contributed by atoms with Crippen molar-refractivity contribution in [3.63, 3.8) is 0 Å². The first-order chi connectivity index (χ1) is 7.88. The van der Waals surface area contributed by atoms with Crippen LogP contribution in [0.15, 0.2) is 6.07 Å². The molecule has 1 aromatic rings. The van der Waals surface area contributed by atoms with Gasteiger partial charge in [0.1, 0.15) is 5.75 Å². The average Bonchev–Trinajstić information content (AvgIpc) is 2.22. The number of nitrogens with two attached hydrogens (primary N) is 1. The van der Waals surface area contributed by atoms with Gasteiger partial charge in [0.15, 0.2) is 0 Å². The van der Waals surface area contributed by atoms with E-state index in [1.807, 2.05) is 6.92 Å². The van der Waals surface area contributed by atoms with E-state index in [4.69, 9.17) is 10.5 Å². The third-order valence-corrected chi connectivity index (χ3v) is 3.17. The van der Waals surface area contributed by atoms with Crippen molar-refractivity contribution >= 4 is 5.69 Å². The largest absolute Gasteiger partial charge is 0.496 e. The van der Waals surface area contributed by atoms with Crippen molar-refractivity contribution in [1.82, 2.24) is 0 Å².